The monoisotopic (exact) mass is 508 g/mol. The van der Waals surface area contributed by atoms with Gasteiger partial charge in [0.2, 0.25) is 0 Å². The lowest BCUT2D eigenvalue weighted by atomic mass is 9.85. The summed E-state index contributed by atoms with van der Waals surface area (Å²) in [6.45, 7) is 0. The summed E-state index contributed by atoms with van der Waals surface area (Å²) in [7, 11) is 0. The minimum absolute atomic E-state index is 0.105. The molecule has 5 atom stereocenters. The van der Waals surface area contributed by atoms with Crippen LogP contribution in [0.1, 0.15) is 69.8 Å². The third-order valence-electron chi connectivity index (χ3n) is 7.12. The molecule has 1 fully saturated rings. The number of carboxylic acids is 1. The highest BCUT2D eigenvalue weighted by molar-refractivity contribution is 5.73. The van der Waals surface area contributed by atoms with Gasteiger partial charge in [0.05, 0.1) is 18.1 Å². The van der Waals surface area contributed by atoms with Gasteiger partial charge in [-0.3, -0.25) is 9.59 Å². The van der Waals surface area contributed by atoms with Crippen LogP contribution in [0.15, 0.2) is 42.5 Å². The predicted molar refractivity (Wildman–Crippen MR) is 143 cm³/mol. The number of rotatable bonds is 16. The number of unbranched alkanes of at least 4 members (excludes halogenated alkanes) is 1. The maximum absolute atomic E-state index is 12.8. The fourth-order valence-electron chi connectivity index (χ4n) is 5.05. The van der Waals surface area contributed by atoms with Crippen molar-refractivity contribution in [1.29, 1.82) is 0 Å². The zero-order chi connectivity index (χ0) is 27.0. The number of ether oxygens (including phenoxy) is 1. The van der Waals surface area contributed by atoms with Crippen LogP contribution in [-0.2, 0) is 20.7 Å². The molecule has 1 aromatic carbocycles. The molecule has 1 aromatic rings. The Balaban J connectivity index is 2.01. The van der Waals surface area contributed by atoms with Gasteiger partial charge < -0.3 is 20.1 Å². The number of carboxylic acid groups (broad SMARTS) is 1. The SMILES string of the molecule is C#CCC(CC#C)C(=O)OC(CCc1ccccc1)CC[C@@H]1[C@@H](CC=CCCCC(=O)O)[C@@H](O)C[C@H]1O. The topological polar surface area (TPSA) is 104 Å². The van der Waals surface area contributed by atoms with Crippen LogP contribution < -0.4 is 0 Å². The summed E-state index contributed by atoms with van der Waals surface area (Å²) in [5.74, 6) is 3.05. The third-order valence-corrected chi connectivity index (χ3v) is 7.12. The Kier molecular flexibility index (Phi) is 13.6. The van der Waals surface area contributed by atoms with Gasteiger partial charge in [-0.05, 0) is 68.8 Å². The molecule has 0 aromatic heterocycles. The summed E-state index contributed by atoms with van der Waals surface area (Å²) in [6, 6.07) is 9.98. The summed E-state index contributed by atoms with van der Waals surface area (Å²) in [5.41, 5.74) is 1.15. The number of aliphatic hydroxyl groups excluding tert-OH is 2. The van der Waals surface area contributed by atoms with E-state index in [-0.39, 0.29) is 43.2 Å². The maximum Gasteiger partial charge on any atom is 0.311 e. The van der Waals surface area contributed by atoms with Gasteiger partial charge in [-0.15, -0.1) is 24.7 Å². The predicted octanol–water partition coefficient (Wildman–Crippen LogP) is 4.53. The van der Waals surface area contributed by atoms with E-state index < -0.39 is 24.1 Å². The number of benzene rings is 1. The van der Waals surface area contributed by atoms with Crippen molar-refractivity contribution in [3.05, 3.63) is 48.0 Å². The van der Waals surface area contributed by atoms with E-state index in [0.29, 0.717) is 44.9 Å². The summed E-state index contributed by atoms with van der Waals surface area (Å²) >= 11 is 0. The molecule has 0 amide bonds. The average molecular weight is 509 g/mol. The number of carbonyl (C=O) groups excluding carboxylic acids is 1. The van der Waals surface area contributed by atoms with Gasteiger partial charge in [-0.1, -0.05) is 42.5 Å². The van der Waals surface area contributed by atoms with E-state index in [9.17, 15) is 19.8 Å². The van der Waals surface area contributed by atoms with Crippen LogP contribution in [0, 0.1) is 42.4 Å². The van der Waals surface area contributed by atoms with Crippen molar-refractivity contribution in [1.82, 2.24) is 0 Å². The Hall–Kier alpha value is -3.06. The van der Waals surface area contributed by atoms with Gasteiger partial charge in [0, 0.05) is 19.3 Å². The Bertz CT molecular complexity index is 925. The second-order valence-corrected chi connectivity index (χ2v) is 9.87. The van der Waals surface area contributed by atoms with E-state index in [2.05, 4.69) is 11.8 Å². The number of carbonyl (C=O) groups is 2. The second kappa shape index (κ2) is 16.6. The molecule has 1 aliphatic rings. The van der Waals surface area contributed by atoms with Crippen LogP contribution in [0.3, 0.4) is 0 Å². The molecule has 0 aliphatic heterocycles. The van der Waals surface area contributed by atoms with Crippen molar-refractivity contribution in [3.63, 3.8) is 0 Å². The van der Waals surface area contributed by atoms with Gasteiger partial charge in [-0.2, -0.15) is 0 Å². The number of allylic oxidation sites excluding steroid dienone is 2. The quantitative estimate of drug-likeness (QED) is 0.131. The largest absolute Gasteiger partial charge is 0.481 e. The molecule has 2 rings (SSSR count). The van der Waals surface area contributed by atoms with E-state index in [1.165, 1.54) is 0 Å². The van der Waals surface area contributed by atoms with Crippen molar-refractivity contribution < 1.29 is 29.6 Å². The lowest BCUT2D eigenvalue weighted by Gasteiger charge is -2.26. The molecular formula is C31H40O6. The lowest BCUT2D eigenvalue weighted by Crippen LogP contribution is -2.28. The van der Waals surface area contributed by atoms with Crippen molar-refractivity contribution in [2.24, 2.45) is 17.8 Å². The van der Waals surface area contributed by atoms with E-state index >= 15 is 0 Å². The van der Waals surface area contributed by atoms with Crippen LogP contribution in [0.5, 0.6) is 0 Å². The van der Waals surface area contributed by atoms with Crippen LogP contribution in [0.2, 0.25) is 0 Å². The van der Waals surface area contributed by atoms with Crippen LogP contribution in [0.25, 0.3) is 0 Å². The Morgan fingerprint density at radius 2 is 1.70 bits per heavy atom. The zero-order valence-corrected chi connectivity index (χ0v) is 21.5. The molecule has 0 heterocycles. The van der Waals surface area contributed by atoms with Gasteiger partial charge in [0.1, 0.15) is 6.10 Å². The Labute approximate surface area is 221 Å². The number of hydrogen-bond donors (Lipinski definition) is 3. The van der Waals surface area contributed by atoms with Crippen LogP contribution >= 0.6 is 0 Å². The summed E-state index contributed by atoms with van der Waals surface area (Å²) in [5, 5.41) is 30.0. The van der Waals surface area contributed by atoms with Gasteiger partial charge in [-0.25, -0.2) is 0 Å². The first-order chi connectivity index (χ1) is 17.8. The molecule has 1 saturated carbocycles. The number of aliphatic hydroxyl groups is 2. The highest BCUT2D eigenvalue weighted by Crippen LogP contribution is 2.39. The van der Waals surface area contributed by atoms with Gasteiger partial charge >= 0.3 is 11.9 Å². The van der Waals surface area contributed by atoms with E-state index in [0.717, 1.165) is 12.0 Å². The van der Waals surface area contributed by atoms with E-state index in [1.54, 1.807) is 0 Å². The van der Waals surface area contributed by atoms with Crippen molar-refractivity contribution in [2.75, 3.05) is 0 Å². The third kappa shape index (κ3) is 10.8. The summed E-state index contributed by atoms with van der Waals surface area (Å²) < 4.78 is 5.91. The van der Waals surface area contributed by atoms with Crippen molar-refractivity contribution in [2.45, 2.75) is 88.9 Å². The molecule has 0 radical (unpaired) electrons. The molecule has 3 N–H and O–H groups in total. The smallest absolute Gasteiger partial charge is 0.311 e. The molecule has 0 saturated heterocycles. The first-order valence-corrected chi connectivity index (χ1v) is 13.2. The molecule has 37 heavy (non-hydrogen) atoms. The highest BCUT2D eigenvalue weighted by atomic mass is 16.5. The first kappa shape index (κ1) is 30.2. The molecule has 1 aliphatic carbocycles. The molecule has 1 unspecified atom stereocenters. The summed E-state index contributed by atoms with van der Waals surface area (Å²) in [6.07, 6.45) is 18.4. The second-order valence-electron chi connectivity index (χ2n) is 9.87. The number of esters is 1. The van der Waals surface area contributed by atoms with Crippen molar-refractivity contribution >= 4 is 11.9 Å². The normalized spacial score (nSPS) is 22.0. The fourth-order valence-corrected chi connectivity index (χ4v) is 5.05. The highest BCUT2D eigenvalue weighted by Gasteiger charge is 2.41. The minimum atomic E-state index is -0.810. The van der Waals surface area contributed by atoms with E-state index in [1.807, 2.05) is 42.5 Å². The number of terminal acetylenes is 2. The van der Waals surface area contributed by atoms with Crippen LogP contribution in [-0.4, -0.2) is 45.6 Å². The first-order valence-electron chi connectivity index (χ1n) is 13.2. The summed E-state index contributed by atoms with van der Waals surface area (Å²) in [4.78, 5) is 23.5. The minimum Gasteiger partial charge on any atom is -0.481 e. The Morgan fingerprint density at radius 1 is 1.03 bits per heavy atom. The maximum atomic E-state index is 12.8. The number of aliphatic carboxylic acids is 1. The van der Waals surface area contributed by atoms with Crippen molar-refractivity contribution in [3.8, 4) is 24.7 Å². The molecule has 6 heteroatoms. The standard InChI is InChI=1S/C31H40O6/c1-3-12-24(13-4-2)31(36)37-25(19-18-23-14-8-7-9-15-23)20-21-27-26(28(32)22-29(27)33)16-10-5-6-11-17-30(34)35/h1-2,5,7-10,14-15,24-29,32-33H,6,11-13,16-22H2,(H,34,35)/t25?,26-,27-,28+,29-/m1/s1. The molecule has 0 bridgehead atoms. The lowest BCUT2D eigenvalue weighted by molar-refractivity contribution is -0.154. The van der Waals surface area contributed by atoms with E-state index in [4.69, 9.17) is 22.7 Å². The molecule has 6 nitrogen and oxygen atoms in total. The molecule has 0 spiro atoms. The molecular weight excluding hydrogens is 468 g/mol. The van der Waals surface area contributed by atoms with Gasteiger partial charge in [0.15, 0.2) is 0 Å². The van der Waals surface area contributed by atoms with Gasteiger partial charge in [0.25, 0.3) is 0 Å². The number of aryl methyl sites for hydroxylation is 1. The molecule has 200 valence electrons. The average Bonchev–Trinajstić information content (AvgIpc) is 3.14. The number of hydrogen-bond acceptors (Lipinski definition) is 5. The van der Waals surface area contributed by atoms with Crippen LogP contribution in [0.4, 0.5) is 0 Å². The fraction of sp³-hybridized carbons (Fsp3) is 0.548. The zero-order valence-electron chi connectivity index (χ0n) is 21.5. The Morgan fingerprint density at radius 3 is 2.35 bits per heavy atom.